The van der Waals surface area contributed by atoms with Gasteiger partial charge in [-0.1, -0.05) is 0 Å². The van der Waals surface area contributed by atoms with Crippen LogP contribution in [0.2, 0.25) is 0 Å². The van der Waals surface area contributed by atoms with Gasteiger partial charge in [0.15, 0.2) is 0 Å². The Morgan fingerprint density at radius 1 is 1.22 bits per heavy atom. The summed E-state index contributed by atoms with van der Waals surface area (Å²) in [5, 5.41) is 13.9. The molecule has 0 heterocycles. The number of carbonyl (C=O) groups is 1. The molecular weight excluding hydrogens is 148 g/mol. The number of carboxylic acid groups (broad SMARTS) is 2. The third kappa shape index (κ3) is 323. The topological polar surface area (TPSA) is 91.7 Å². The third-order valence-electron chi connectivity index (χ3n) is 0. The smallest absolute Gasteiger partial charge is 0.450 e. The van der Waals surface area contributed by atoms with E-state index in [9.17, 15) is 8.42 Å². The minimum atomic E-state index is -2.67. The van der Waals surface area contributed by atoms with Gasteiger partial charge in [0.1, 0.15) is 9.84 Å². The maximum Gasteiger partial charge on any atom is 0.503 e. The van der Waals surface area contributed by atoms with E-state index in [1.54, 1.807) is 0 Å². The van der Waals surface area contributed by atoms with Crippen LogP contribution in [0.5, 0.6) is 0 Å². The third-order valence-corrected chi connectivity index (χ3v) is 0. The zero-order valence-electron chi connectivity index (χ0n) is 5.03. The molecule has 0 atom stereocenters. The number of rotatable bonds is 0. The van der Waals surface area contributed by atoms with Crippen molar-refractivity contribution in [2.75, 3.05) is 12.5 Å². The Labute approximate surface area is 52.9 Å². The van der Waals surface area contributed by atoms with Gasteiger partial charge in [0, 0.05) is 12.5 Å². The van der Waals surface area contributed by atoms with Crippen LogP contribution in [0, 0.1) is 0 Å². The van der Waals surface area contributed by atoms with Crippen LogP contribution >= 0.6 is 0 Å². The maximum atomic E-state index is 9.63. The zero-order chi connectivity index (χ0) is 8.08. The Balaban J connectivity index is 0. The standard InChI is InChI=1S/C2H6O2S.CH2O3/c1-5(2,3)4;2-1(3)4/h1-2H3;(H2,2,3,4). The van der Waals surface area contributed by atoms with Crippen LogP contribution in [0.4, 0.5) is 4.79 Å². The number of hydrogen-bond acceptors (Lipinski definition) is 3. The van der Waals surface area contributed by atoms with Crippen LogP contribution < -0.4 is 0 Å². The summed E-state index contributed by atoms with van der Waals surface area (Å²) in [6.07, 6.45) is 0.486. The van der Waals surface area contributed by atoms with Crippen molar-refractivity contribution in [2.24, 2.45) is 0 Å². The highest BCUT2D eigenvalue weighted by Gasteiger charge is 1.79. The summed E-state index contributed by atoms with van der Waals surface area (Å²) in [7, 11) is -2.67. The van der Waals surface area contributed by atoms with E-state index < -0.39 is 16.0 Å². The second-order valence-corrected chi connectivity index (χ2v) is 3.71. The molecule has 9 heavy (non-hydrogen) atoms. The fourth-order valence-corrected chi connectivity index (χ4v) is 0. The lowest BCUT2D eigenvalue weighted by molar-refractivity contribution is 0.137. The molecule has 0 radical (unpaired) electrons. The fourth-order valence-electron chi connectivity index (χ4n) is 0. The quantitative estimate of drug-likeness (QED) is 0.510. The van der Waals surface area contributed by atoms with Gasteiger partial charge >= 0.3 is 6.16 Å². The molecule has 6 heteroatoms. The molecular formula is C3H8O5S. The Bertz CT molecular complexity index is 155. The highest BCUT2D eigenvalue weighted by molar-refractivity contribution is 7.89. The van der Waals surface area contributed by atoms with Gasteiger partial charge in [-0.3, -0.25) is 0 Å². The largest absolute Gasteiger partial charge is 0.503 e. The van der Waals surface area contributed by atoms with Gasteiger partial charge in [-0.15, -0.1) is 0 Å². The summed E-state index contributed by atoms with van der Waals surface area (Å²) in [6.45, 7) is 0. The first-order valence-electron chi connectivity index (χ1n) is 1.80. The second-order valence-electron chi connectivity index (χ2n) is 1.43. The summed E-state index contributed by atoms with van der Waals surface area (Å²) in [6, 6.07) is 0. The van der Waals surface area contributed by atoms with Crippen LogP contribution in [0.25, 0.3) is 0 Å². The lowest BCUT2D eigenvalue weighted by Gasteiger charge is -1.69. The summed E-state index contributed by atoms with van der Waals surface area (Å²) in [4.78, 5) is 8.56. The number of sulfone groups is 1. The van der Waals surface area contributed by atoms with Crippen molar-refractivity contribution in [2.45, 2.75) is 0 Å². The summed E-state index contributed by atoms with van der Waals surface area (Å²) in [5.41, 5.74) is 0. The Morgan fingerprint density at radius 3 is 1.22 bits per heavy atom. The normalized spacial score (nSPS) is 9.11. The molecule has 0 aromatic heterocycles. The average molecular weight is 156 g/mol. The summed E-state index contributed by atoms with van der Waals surface area (Å²) < 4.78 is 19.3. The second kappa shape index (κ2) is 4.13. The molecule has 0 saturated heterocycles. The molecule has 0 aliphatic carbocycles. The van der Waals surface area contributed by atoms with E-state index in [0.717, 1.165) is 12.5 Å². The molecule has 0 aromatic carbocycles. The molecule has 5 nitrogen and oxygen atoms in total. The number of hydrogen-bond donors (Lipinski definition) is 2. The monoisotopic (exact) mass is 156 g/mol. The lowest BCUT2D eigenvalue weighted by atomic mass is 11.5. The van der Waals surface area contributed by atoms with Gasteiger partial charge in [-0.2, -0.15) is 0 Å². The molecule has 0 fully saturated rings. The van der Waals surface area contributed by atoms with Crippen molar-refractivity contribution in [1.29, 1.82) is 0 Å². The summed E-state index contributed by atoms with van der Waals surface area (Å²) >= 11 is 0. The Hall–Kier alpha value is -0.780. The van der Waals surface area contributed by atoms with Crippen molar-refractivity contribution in [3.63, 3.8) is 0 Å². The Morgan fingerprint density at radius 2 is 1.22 bits per heavy atom. The van der Waals surface area contributed by atoms with Crippen molar-refractivity contribution >= 4 is 16.0 Å². The van der Waals surface area contributed by atoms with Crippen LogP contribution in [0.3, 0.4) is 0 Å². The van der Waals surface area contributed by atoms with E-state index in [4.69, 9.17) is 15.0 Å². The fraction of sp³-hybridized carbons (Fsp3) is 0.667. The first-order chi connectivity index (χ1) is 3.73. The van der Waals surface area contributed by atoms with Gasteiger partial charge in [0.05, 0.1) is 0 Å². The minimum absolute atomic E-state index is 1.16. The van der Waals surface area contributed by atoms with Gasteiger partial charge < -0.3 is 10.2 Å². The molecule has 0 aliphatic rings. The van der Waals surface area contributed by atoms with Crippen LogP contribution in [0.15, 0.2) is 0 Å². The van der Waals surface area contributed by atoms with Crippen molar-refractivity contribution in [3.8, 4) is 0 Å². The Kier molecular flexibility index (Phi) is 5.09. The SMILES string of the molecule is CS(C)(=O)=O.O=C(O)O. The van der Waals surface area contributed by atoms with E-state index in [-0.39, 0.29) is 0 Å². The molecule has 0 saturated carbocycles. The van der Waals surface area contributed by atoms with Gasteiger partial charge in [0.25, 0.3) is 0 Å². The van der Waals surface area contributed by atoms with E-state index >= 15 is 0 Å². The first kappa shape index (κ1) is 11.1. The minimum Gasteiger partial charge on any atom is -0.450 e. The van der Waals surface area contributed by atoms with Crippen LogP contribution in [-0.4, -0.2) is 37.3 Å². The predicted octanol–water partition coefficient (Wildman–Crippen LogP) is -0.117. The maximum absolute atomic E-state index is 9.63. The lowest BCUT2D eigenvalue weighted by Crippen LogP contribution is -1.86. The van der Waals surface area contributed by atoms with Gasteiger partial charge in [-0.25, -0.2) is 13.2 Å². The van der Waals surface area contributed by atoms with E-state index in [1.807, 2.05) is 0 Å². The average Bonchev–Trinajstić information content (AvgIpc) is 1.19. The molecule has 56 valence electrons. The highest BCUT2D eigenvalue weighted by Crippen LogP contribution is 1.61. The van der Waals surface area contributed by atoms with Crippen molar-refractivity contribution in [1.82, 2.24) is 0 Å². The van der Waals surface area contributed by atoms with Gasteiger partial charge in [-0.05, 0) is 0 Å². The van der Waals surface area contributed by atoms with Crippen molar-refractivity contribution in [3.05, 3.63) is 0 Å². The molecule has 0 spiro atoms. The van der Waals surface area contributed by atoms with E-state index in [0.29, 0.717) is 0 Å². The zero-order valence-corrected chi connectivity index (χ0v) is 5.84. The first-order valence-corrected chi connectivity index (χ1v) is 4.10. The molecule has 2 N–H and O–H groups in total. The molecule has 0 unspecified atom stereocenters. The van der Waals surface area contributed by atoms with Gasteiger partial charge in [0.2, 0.25) is 0 Å². The van der Waals surface area contributed by atoms with E-state index in [1.165, 1.54) is 0 Å². The van der Waals surface area contributed by atoms with Crippen LogP contribution in [0.1, 0.15) is 0 Å². The van der Waals surface area contributed by atoms with E-state index in [2.05, 4.69) is 0 Å². The molecule has 0 amide bonds. The molecule has 0 rings (SSSR count). The predicted molar refractivity (Wildman–Crippen MR) is 31.4 cm³/mol. The van der Waals surface area contributed by atoms with Crippen LogP contribution in [-0.2, 0) is 9.84 Å². The summed E-state index contributed by atoms with van der Waals surface area (Å²) in [5.74, 6) is 0. The molecule has 0 aliphatic heterocycles. The molecule has 0 aromatic rings. The van der Waals surface area contributed by atoms with Crippen molar-refractivity contribution < 1.29 is 23.4 Å². The molecule has 0 bridgehead atoms. The highest BCUT2D eigenvalue weighted by atomic mass is 32.2.